The van der Waals surface area contributed by atoms with E-state index in [2.05, 4.69) is 6.58 Å². The minimum absolute atomic E-state index is 0.224. The first kappa shape index (κ1) is 13.4. The first-order valence-electron chi connectivity index (χ1n) is 6.66. The number of carbonyl (C=O) groups is 1. The van der Waals surface area contributed by atoms with Crippen molar-refractivity contribution >= 4 is 6.09 Å². The Morgan fingerprint density at radius 2 is 2.17 bits per heavy atom. The summed E-state index contributed by atoms with van der Waals surface area (Å²) in [5.74, 6) is 0. The van der Waals surface area contributed by atoms with Gasteiger partial charge in [0.1, 0.15) is 5.60 Å². The van der Waals surface area contributed by atoms with E-state index in [9.17, 15) is 4.79 Å². The van der Waals surface area contributed by atoms with E-state index in [0.717, 1.165) is 19.3 Å². The third-order valence-corrected chi connectivity index (χ3v) is 3.37. The maximum Gasteiger partial charge on any atom is 0.410 e. The monoisotopic (exact) mass is 253 g/mol. The number of rotatable bonds is 3. The number of carbonyl (C=O) groups excluding carboxylic acids is 1. The second kappa shape index (κ2) is 4.92. The number of epoxide rings is 1. The predicted molar refractivity (Wildman–Crippen MR) is 69.4 cm³/mol. The number of hydrogen-bond donors (Lipinski definition) is 0. The summed E-state index contributed by atoms with van der Waals surface area (Å²) in [6.07, 6.45) is 5.29. The Labute approximate surface area is 109 Å². The molecular weight excluding hydrogens is 230 g/mol. The van der Waals surface area contributed by atoms with Crippen LogP contribution in [0.15, 0.2) is 12.7 Å². The molecule has 18 heavy (non-hydrogen) atoms. The van der Waals surface area contributed by atoms with Crippen LogP contribution >= 0.6 is 0 Å². The lowest BCUT2D eigenvalue weighted by molar-refractivity contribution is 0.0159. The largest absolute Gasteiger partial charge is 0.444 e. The molecule has 102 valence electrons. The summed E-state index contributed by atoms with van der Waals surface area (Å²) >= 11 is 0. The maximum absolute atomic E-state index is 12.2. The van der Waals surface area contributed by atoms with Gasteiger partial charge in [-0.2, -0.15) is 0 Å². The fraction of sp³-hybridized carbons (Fsp3) is 0.786. The quantitative estimate of drug-likeness (QED) is 0.573. The van der Waals surface area contributed by atoms with Crippen LogP contribution in [-0.2, 0) is 9.47 Å². The normalized spacial score (nSPS) is 30.3. The van der Waals surface area contributed by atoms with Crippen molar-refractivity contribution < 1.29 is 14.3 Å². The molecule has 0 N–H and O–H groups in total. The zero-order chi connectivity index (χ0) is 13.3. The standard InChI is InChI=1S/C14H23NO3/c1-5-8-15(13(16)18-14(2,3)4)10-6-7-11-12(9-10)17-11/h5,10-12H,1,6-9H2,2-4H3. The van der Waals surface area contributed by atoms with Crippen LogP contribution in [0.4, 0.5) is 4.79 Å². The molecular formula is C14H23NO3. The third-order valence-electron chi connectivity index (χ3n) is 3.37. The fourth-order valence-corrected chi connectivity index (χ4v) is 2.50. The second-order valence-electron chi connectivity index (χ2n) is 6.10. The predicted octanol–water partition coefficient (Wildman–Crippen LogP) is 2.73. The van der Waals surface area contributed by atoms with Crippen LogP contribution in [0, 0.1) is 0 Å². The number of nitrogens with zero attached hydrogens (tertiary/aromatic N) is 1. The van der Waals surface area contributed by atoms with Gasteiger partial charge in [0.25, 0.3) is 0 Å². The van der Waals surface area contributed by atoms with Crippen molar-refractivity contribution in [2.45, 2.75) is 63.9 Å². The Bertz CT molecular complexity index is 334. The minimum atomic E-state index is -0.455. The second-order valence-corrected chi connectivity index (χ2v) is 6.10. The van der Waals surface area contributed by atoms with Gasteiger partial charge in [0, 0.05) is 12.6 Å². The van der Waals surface area contributed by atoms with Crippen molar-refractivity contribution in [1.29, 1.82) is 0 Å². The van der Waals surface area contributed by atoms with Gasteiger partial charge in [0.05, 0.1) is 12.2 Å². The molecule has 1 saturated heterocycles. The summed E-state index contributed by atoms with van der Waals surface area (Å²) < 4.78 is 11.0. The van der Waals surface area contributed by atoms with Crippen molar-refractivity contribution in [2.24, 2.45) is 0 Å². The van der Waals surface area contributed by atoms with Crippen molar-refractivity contribution in [3.63, 3.8) is 0 Å². The van der Waals surface area contributed by atoms with Gasteiger partial charge in [0.15, 0.2) is 0 Å². The fourth-order valence-electron chi connectivity index (χ4n) is 2.50. The van der Waals surface area contributed by atoms with Gasteiger partial charge in [-0.3, -0.25) is 0 Å². The van der Waals surface area contributed by atoms with E-state index in [-0.39, 0.29) is 12.1 Å². The number of fused-ring (bicyclic) bond motifs is 1. The summed E-state index contributed by atoms with van der Waals surface area (Å²) in [5.41, 5.74) is -0.455. The van der Waals surface area contributed by atoms with Gasteiger partial charge >= 0.3 is 6.09 Å². The van der Waals surface area contributed by atoms with Crippen molar-refractivity contribution in [3.8, 4) is 0 Å². The Morgan fingerprint density at radius 1 is 1.44 bits per heavy atom. The van der Waals surface area contributed by atoms with Crippen LogP contribution in [-0.4, -0.2) is 41.4 Å². The molecule has 4 heteroatoms. The summed E-state index contributed by atoms with van der Waals surface area (Å²) in [6.45, 7) is 9.92. The number of hydrogen-bond acceptors (Lipinski definition) is 3. The van der Waals surface area contributed by atoms with E-state index in [1.165, 1.54) is 0 Å². The summed E-state index contributed by atoms with van der Waals surface area (Å²) in [7, 11) is 0. The molecule has 1 saturated carbocycles. The van der Waals surface area contributed by atoms with E-state index in [0.29, 0.717) is 18.8 Å². The molecule has 0 bridgehead atoms. The third kappa shape index (κ3) is 3.25. The molecule has 0 radical (unpaired) electrons. The summed E-state index contributed by atoms with van der Waals surface area (Å²) in [5, 5.41) is 0. The Hall–Kier alpha value is -1.03. The molecule has 0 aromatic heterocycles. The van der Waals surface area contributed by atoms with Gasteiger partial charge < -0.3 is 14.4 Å². The summed E-state index contributed by atoms with van der Waals surface area (Å²) in [4.78, 5) is 14.0. The average Bonchev–Trinajstić information content (AvgIpc) is 3.00. The highest BCUT2D eigenvalue weighted by atomic mass is 16.6. The molecule has 0 spiro atoms. The van der Waals surface area contributed by atoms with Crippen LogP contribution in [0.1, 0.15) is 40.0 Å². The average molecular weight is 253 g/mol. The Morgan fingerprint density at radius 3 is 2.72 bits per heavy atom. The van der Waals surface area contributed by atoms with E-state index in [4.69, 9.17) is 9.47 Å². The molecule has 2 rings (SSSR count). The molecule has 0 aromatic carbocycles. The van der Waals surface area contributed by atoms with Crippen LogP contribution in [0.3, 0.4) is 0 Å². The topological polar surface area (TPSA) is 42.1 Å². The highest BCUT2D eigenvalue weighted by Crippen LogP contribution is 2.38. The van der Waals surface area contributed by atoms with Gasteiger partial charge in [-0.15, -0.1) is 6.58 Å². The molecule has 1 aliphatic heterocycles. The number of ether oxygens (including phenoxy) is 2. The van der Waals surface area contributed by atoms with Crippen molar-refractivity contribution in [1.82, 2.24) is 4.90 Å². The zero-order valence-electron chi connectivity index (χ0n) is 11.5. The first-order valence-corrected chi connectivity index (χ1v) is 6.66. The van der Waals surface area contributed by atoms with E-state index in [1.54, 1.807) is 11.0 Å². The van der Waals surface area contributed by atoms with Crippen molar-refractivity contribution in [3.05, 3.63) is 12.7 Å². The minimum Gasteiger partial charge on any atom is -0.444 e. The molecule has 1 heterocycles. The molecule has 1 aliphatic carbocycles. The van der Waals surface area contributed by atoms with Crippen LogP contribution in [0.2, 0.25) is 0 Å². The highest BCUT2D eigenvalue weighted by Gasteiger charge is 2.46. The van der Waals surface area contributed by atoms with Gasteiger partial charge in [-0.1, -0.05) is 6.08 Å². The number of amides is 1. The van der Waals surface area contributed by atoms with Crippen LogP contribution < -0.4 is 0 Å². The molecule has 1 amide bonds. The van der Waals surface area contributed by atoms with Crippen LogP contribution in [0.5, 0.6) is 0 Å². The van der Waals surface area contributed by atoms with E-state index >= 15 is 0 Å². The van der Waals surface area contributed by atoms with Crippen LogP contribution in [0.25, 0.3) is 0 Å². The van der Waals surface area contributed by atoms with Gasteiger partial charge in [0.2, 0.25) is 0 Å². The van der Waals surface area contributed by atoms with Crippen molar-refractivity contribution in [2.75, 3.05) is 6.54 Å². The van der Waals surface area contributed by atoms with Gasteiger partial charge in [-0.25, -0.2) is 4.79 Å². The van der Waals surface area contributed by atoms with E-state index in [1.807, 2.05) is 20.8 Å². The molecule has 3 atom stereocenters. The lowest BCUT2D eigenvalue weighted by atomic mass is 9.94. The lowest BCUT2D eigenvalue weighted by Crippen LogP contribution is -2.45. The Balaban J connectivity index is 1.97. The smallest absolute Gasteiger partial charge is 0.410 e. The Kier molecular flexibility index (Phi) is 3.66. The molecule has 0 aromatic rings. The first-order chi connectivity index (χ1) is 8.40. The maximum atomic E-state index is 12.2. The lowest BCUT2D eigenvalue weighted by Gasteiger charge is -2.33. The summed E-state index contributed by atoms with van der Waals surface area (Å²) in [6, 6.07) is 0.224. The molecule has 2 fully saturated rings. The molecule has 4 nitrogen and oxygen atoms in total. The SMILES string of the molecule is C=CCN(C(=O)OC(C)(C)C)C1CCC2OC2C1. The highest BCUT2D eigenvalue weighted by molar-refractivity contribution is 5.68. The van der Waals surface area contributed by atoms with Gasteiger partial charge in [-0.05, 0) is 40.0 Å². The zero-order valence-corrected chi connectivity index (χ0v) is 11.5. The molecule has 3 unspecified atom stereocenters. The molecule has 2 aliphatic rings. The van der Waals surface area contributed by atoms with E-state index < -0.39 is 5.60 Å².